The first-order valence-electron chi connectivity index (χ1n) is 16.7. The Morgan fingerprint density at radius 3 is 1.61 bits per heavy atom. The van der Waals surface area contributed by atoms with Gasteiger partial charge in [0.2, 0.25) is 5.91 Å². The summed E-state index contributed by atoms with van der Waals surface area (Å²) in [7, 11) is 0. The number of carbonyl (C=O) groups excluding carboxylic acids is 3. The largest absolute Gasteiger partial charge is 0.449 e. The van der Waals surface area contributed by atoms with E-state index in [4.69, 9.17) is 10.5 Å². The molecule has 6 rings (SSSR count). The molecule has 6 nitrogen and oxygen atoms in total. The van der Waals surface area contributed by atoms with Gasteiger partial charge in [-0.1, -0.05) is 146 Å². The Labute approximate surface area is 292 Å². The molecule has 2 atom stereocenters. The maximum absolute atomic E-state index is 13.7. The van der Waals surface area contributed by atoms with Crippen molar-refractivity contribution >= 4 is 29.5 Å². The molecule has 0 saturated heterocycles. The van der Waals surface area contributed by atoms with Gasteiger partial charge in [-0.05, 0) is 45.4 Å². The van der Waals surface area contributed by atoms with E-state index in [9.17, 15) is 14.4 Å². The van der Waals surface area contributed by atoms with Gasteiger partial charge in [0.25, 0.3) is 0 Å². The fraction of sp³-hybridized carbons (Fsp3) is 0.214. The number of fused-ring (bicyclic) bond motifs is 3. The lowest BCUT2D eigenvalue weighted by atomic mass is 9.84. The van der Waals surface area contributed by atoms with Crippen molar-refractivity contribution in [2.45, 2.75) is 36.5 Å². The lowest BCUT2D eigenvalue weighted by Crippen LogP contribution is -2.43. The number of ether oxygens (including phenoxy) is 1. The van der Waals surface area contributed by atoms with Crippen LogP contribution >= 0.6 is 11.8 Å². The number of nitrogens with one attached hydrogen (secondary N) is 1. The molecule has 3 N–H and O–H groups in total. The van der Waals surface area contributed by atoms with E-state index < -0.39 is 28.7 Å². The molecular weight excluding hydrogens is 629 g/mol. The Kier molecular flexibility index (Phi) is 10.6. The van der Waals surface area contributed by atoms with E-state index in [1.807, 2.05) is 85.8 Å². The summed E-state index contributed by atoms with van der Waals surface area (Å²) in [6.07, 6.45) is -0.411. The summed E-state index contributed by atoms with van der Waals surface area (Å²) in [5.74, 6) is -1.37. The van der Waals surface area contributed by atoms with Crippen LogP contribution in [0, 0.1) is 5.92 Å². The minimum atomic E-state index is -0.815. The molecule has 0 saturated carbocycles. The van der Waals surface area contributed by atoms with Crippen LogP contribution in [0.4, 0.5) is 4.79 Å². The van der Waals surface area contributed by atoms with E-state index in [1.54, 1.807) is 11.8 Å². The summed E-state index contributed by atoms with van der Waals surface area (Å²) in [6, 6.07) is 45.9. The van der Waals surface area contributed by atoms with Gasteiger partial charge in [0.1, 0.15) is 6.61 Å². The van der Waals surface area contributed by atoms with Gasteiger partial charge in [-0.25, -0.2) is 4.79 Å². The number of alkyl carbamates (subject to hydrolysis) is 1. The predicted octanol–water partition coefficient (Wildman–Crippen LogP) is 8.09. The molecule has 0 radical (unpaired) electrons. The molecule has 2 amide bonds. The number of amides is 2. The molecule has 0 bridgehead atoms. The van der Waals surface area contributed by atoms with Crippen molar-refractivity contribution in [1.82, 2.24) is 5.32 Å². The monoisotopic (exact) mass is 668 g/mol. The first-order valence-corrected chi connectivity index (χ1v) is 17.6. The summed E-state index contributed by atoms with van der Waals surface area (Å²) in [4.78, 5) is 39.6. The number of carbonyl (C=O) groups is 3. The summed E-state index contributed by atoms with van der Waals surface area (Å²) < 4.78 is 5.05. The van der Waals surface area contributed by atoms with Gasteiger partial charge in [-0.2, -0.15) is 0 Å². The molecule has 5 aromatic rings. The predicted molar refractivity (Wildman–Crippen MR) is 196 cm³/mol. The average Bonchev–Trinajstić information content (AvgIpc) is 3.47. The zero-order chi connectivity index (χ0) is 34.2. The smallest absolute Gasteiger partial charge is 0.407 e. The Morgan fingerprint density at radius 1 is 0.714 bits per heavy atom. The number of nitrogens with two attached hydrogens (primary N) is 1. The lowest BCUT2D eigenvalue weighted by molar-refractivity contribution is -0.127. The second-order valence-electron chi connectivity index (χ2n) is 12.3. The van der Waals surface area contributed by atoms with E-state index in [2.05, 4.69) is 66.0 Å². The van der Waals surface area contributed by atoms with Gasteiger partial charge >= 0.3 is 6.09 Å². The lowest BCUT2D eigenvalue weighted by Gasteiger charge is -2.36. The van der Waals surface area contributed by atoms with Crippen LogP contribution in [0.3, 0.4) is 0 Å². The van der Waals surface area contributed by atoms with Gasteiger partial charge in [0, 0.05) is 18.1 Å². The minimum absolute atomic E-state index is 0.0932. The molecule has 248 valence electrons. The van der Waals surface area contributed by atoms with Gasteiger partial charge in [-0.3, -0.25) is 9.59 Å². The van der Waals surface area contributed by atoms with Crippen LogP contribution in [0.15, 0.2) is 140 Å². The molecule has 0 aliphatic heterocycles. The fourth-order valence-electron chi connectivity index (χ4n) is 6.81. The summed E-state index contributed by atoms with van der Waals surface area (Å²) >= 11 is 1.59. The number of ketones is 1. The van der Waals surface area contributed by atoms with Crippen LogP contribution in [0.2, 0.25) is 0 Å². The van der Waals surface area contributed by atoms with E-state index in [-0.39, 0.29) is 24.7 Å². The van der Waals surface area contributed by atoms with Crippen molar-refractivity contribution in [2.75, 3.05) is 12.4 Å². The molecule has 0 fully saturated rings. The average molecular weight is 669 g/mol. The van der Waals surface area contributed by atoms with Crippen LogP contribution in [0.25, 0.3) is 11.1 Å². The molecule has 49 heavy (non-hydrogen) atoms. The number of rotatable bonds is 14. The third-order valence-corrected chi connectivity index (χ3v) is 11.0. The first kappa shape index (κ1) is 33.7. The quantitative estimate of drug-likeness (QED) is 0.117. The van der Waals surface area contributed by atoms with Crippen LogP contribution in [-0.2, 0) is 19.1 Å². The van der Waals surface area contributed by atoms with Crippen molar-refractivity contribution < 1.29 is 19.1 Å². The summed E-state index contributed by atoms with van der Waals surface area (Å²) in [5, 5.41) is 2.76. The molecular formula is C42H40N2O4S. The second-order valence-corrected chi connectivity index (χ2v) is 13.5. The highest BCUT2D eigenvalue weighted by molar-refractivity contribution is 8.00. The summed E-state index contributed by atoms with van der Waals surface area (Å²) in [6.45, 7) is 1.97. The van der Waals surface area contributed by atoms with Crippen LogP contribution < -0.4 is 11.1 Å². The zero-order valence-electron chi connectivity index (χ0n) is 27.5. The van der Waals surface area contributed by atoms with Crippen LogP contribution in [-0.4, -0.2) is 36.2 Å². The van der Waals surface area contributed by atoms with E-state index in [1.165, 1.54) is 0 Å². The van der Waals surface area contributed by atoms with Crippen molar-refractivity contribution in [3.8, 4) is 11.1 Å². The highest BCUT2D eigenvalue weighted by atomic mass is 32.2. The van der Waals surface area contributed by atoms with Crippen LogP contribution in [0.5, 0.6) is 0 Å². The Bertz CT molecular complexity index is 1760. The zero-order valence-corrected chi connectivity index (χ0v) is 28.3. The van der Waals surface area contributed by atoms with Gasteiger partial charge < -0.3 is 15.8 Å². The molecule has 1 aliphatic rings. The van der Waals surface area contributed by atoms with Crippen molar-refractivity contribution in [2.24, 2.45) is 11.7 Å². The van der Waals surface area contributed by atoms with Crippen molar-refractivity contribution in [3.63, 3.8) is 0 Å². The molecule has 1 aliphatic carbocycles. The minimum Gasteiger partial charge on any atom is -0.449 e. The number of benzene rings is 5. The standard InChI is InChI=1S/C42H40N2O4S/c1-2-38(44-41(47)48-27-37-35-24-14-12-22-33(35)34-23-13-15-25-36(34)37)39(45)26-29(40(43)46)28-49-42(30-16-6-3-7-17-30,31-18-8-4-9-19-31)32-20-10-5-11-21-32/h3-25,29,37-38H,2,26-28H2,1H3,(H2,43,46)(H,44,47)/t29-,38-/m0/s1. The highest BCUT2D eigenvalue weighted by Gasteiger charge is 2.39. The molecule has 7 heteroatoms. The third kappa shape index (κ3) is 7.18. The van der Waals surface area contributed by atoms with E-state index in [0.29, 0.717) is 12.2 Å². The first-order chi connectivity index (χ1) is 23.9. The normalized spacial score (nSPS) is 13.5. The number of primary amides is 1. The third-order valence-electron chi connectivity index (χ3n) is 9.32. The van der Waals surface area contributed by atoms with Crippen LogP contribution in [0.1, 0.15) is 53.5 Å². The maximum Gasteiger partial charge on any atom is 0.407 e. The molecule has 5 aromatic carbocycles. The Morgan fingerprint density at radius 2 is 1.16 bits per heavy atom. The molecule has 0 aromatic heterocycles. The highest BCUT2D eigenvalue weighted by Crippen LogP contribution is 2.49. The number of thioether (sulfide) groups is 1. The van der Waals surface area contributed by atoms with Gasteiger partial charge in [0.05, 0.1) is 16.7 Å². The maximum atomic E-state index is 13.7. The van der Waals surface area contributed by atoms with E-state index in [0.717, 1.165) is 38.9 Å². The summed E-state index contributed by atoms with van der Waals surface area (Å²) in [5.41, 5.74) is 13.6. The number of hydrogen-bond acceptors (Lipinski definition) is 5. The fourth-order valence-corrected chi connectivity index (χ4v) is 8.46. The SMILES string of the molecule is CC[C@H](NC(=O)OCC1c2ccccc2-c2ccccc21)C(=O)C[C@@H](CSC(c1ccccc1)(c1ccccc1)c1ccccc1)C(N)=O. The van der Waals surface area contributed by atoms with Gasteiger partial charge in [-0.15, -0.1) is 11.8 Å². The molecule has 0 heterocycles. The topological polar surface area (TPSA) is 98.5 Å². The van der Waals surface area contributed by atoms with Crippen molar-refractivity contribution in [3.05, 3.63) is 167 Å². The Balaban J connectivity index is 1.16. The molecule has 0 spiro atoms. The van der Waals surface area contributed by atoms with Crippen molar-refractivity contribution in [1.29, 1.82) is 0 Å². The number of hydrogen-bond donors (Lipinski definition) is 2. The van der Waals surface area contributed by atoms with Gasteiger partial charge in [0.15, 0.2) is 5.78 Å². The second kappa shape index (κ2) is 15.4. The molecule has 0 unspecified atom stereocenters. The Hall–Kier alpha value is -5.14. The van der Waals surface area contributed by atoms with E-state index >= 15 is 0 Å². The number of Topliss-reactive ketones (excluding diaryl/α,β-unsaturated/α-hetero) is 1.